The zero-order valence-electron chi connectivity index (χ0n) is 15.4. The van der Waals surface area contributed by atoms with Crippen molar-refractivity contribution in [2.24, 2.45) is 0 Å². The molecule has 1 atom stereocenters. The summed E-state index contributed by atoms with van der Waals surface area (Å²) in [5, 5.41) is 4.39. The molecule has 6 heteroatoms. The Morgan fingerprint density at radius 3 is 2.96 bits per heavy atom. The smallest absolute Gasteiger partial charge is 0.157 e. The van der Waals surface area contributed by atoms with Crippen molar-refractivity contribution < 1.29 is 4.74 Å². The van der Waals surface area contributed by atoms with Crippen molar-refractivity contribution in [2.75, 3.05) is 25.9 Å². The van der Waals surface area contributed by atoms with Gasteiger partial charge in [-0.3, -0.25) is 4.90 Å². The molecule has 1 aromatic carbocycles. The molecular weight excluding hydrogens is 326 g/mol. The molecule has 136 valence electrons. The third-order valence-corrected chi connectivity index (χ3v) is 5.11. The van der Waals surface area contributed by atoms with Gasteiger partial charge in [0.15, 0.2) is 5.65 Å². The first-order chi connectivity index (χ1) is 12.6. The number of nitrogens with zero attached hydrogens (tertiary/aromatic N) is 4. The van der Waals surface area contributed by atoms with Gasteiger partial charge in [0.1, 0.15) is 11.6 Å². The molecule has 0 saturated carbocycles. The van der Waals surface area contributed by atoms with E-state index in [-0.39, 0.29) is 0 Å². The SMILES string of the molecule is COc1ccccc1CN1CCC[C@H](c2cc(N)n3nc(C)cc3n2)C1. The van der Waals surface area contributed by atoms with Gasteiger partial charge in [0.2, 0.25) is 0 Å². The second kappa shape index (κ2) is 6.96. The zero-order chi connectivity index (χ0) is 18.1. The van der Waals surface area contributed by atoms with Crippen LogP contribution in [0.1, 0.15) is 35.7 Å². The Balaban J connectivity index is 1.55. The molecule has 2 aromatic heterocycles. The number of piperidine rings is 1. The Morgan fingerprint density at radius 1 is 1.27 bits per heavy atom. The van der Waals surface area contributed by atoms with Crippen molar-refractivity contribution in [3.05, 3.63) is 53.3 Å². The fraction of sp³-hybridized carbons (Fsp3) is 0.400. The lowest BCUT2D eigenvalue weighted by molar-refractivity contribution is 0.196. The quantitative estimate of drug-likeness (QED) is 0.782. The van der Waals surface area contributed by atoms with Gasteiger partial charge in [-0.15, -0.1) is 0 Å². The van der Waals surface area contributed by atoms with E-state index in [1.54, 1.807) is 11.6 Å². The largest absolute Gasteiger partial charge is 0.496 e. The lowest BCUT2D eigenvalue weighted by Gasteiger charge is -2.32. The van der Waals surface area contributed by atoms with Crippen LogP contribution in [0.2, 0.25) is 0 Å². The van der Waals surface area contributed by atoms with Crippen LogP contribution in [0.5, 0.6) is 5.75 Å². The minimum Gasteiger partial charge on any atom is -0.496 e. The summed E-state index contributed by atoms with van der Waals surface area (Å²) in [5.74, 6) is 1.99. The van der Waals surface area contributed by atoms with Crippen molar-refractivity contribution in [3.8, 4) is 5.75 Å². The number of fused-ring (bicyclic) bond motifs is 1. The number of rotatable bonds is 4. The lowest BCUT2D eigenvalue weighted by atomic mass is 9.94. The van der Waals surface area contributed by atoms with Crippen molar-refractivity contribution in [3.63, 3.8) is 0 Å². The van der Waals surface area contributed by atoms with Gasteiger partial charge in [-0.1, -0.05) is 18.2 Å². The zero-order valence-corrected chi connectivity index (χ0v) is 15.4. The van der Waals surface area contributed by atoms with Crippen LogP contribution in [-0.4, -0.2) is 39.7 Å². The van der Waals surface area contributed by atoms with Gasteiger partial charge in [-0.05, 0) is 32.4 Å². The maximum Gasteiger partial charge on any atom is 0.157 e. The number of likely N-dealkylation sites (tertiary alicyclic amines) is 1. The number of nitrogens with two attached hydrogens (primary N) is 1. The van der Waals surface area contributed by atoms with Gasteiger partial charge in [-0.2, -0.15) is 9.61 Å². The average Bonchev–Trinajstić information content (AvgIpc) is 3.03. The molecule has 0 radical (unpaired) electrons. The summed E-state index contributed by atoms with van der Waals surface area (Å²) in [6.07, 6.45) is 2.29. The van der Waals surface area contributed by atoms with Crippen LogP contribution in [0.3, 0.4) is 0 Å². The Bertz CT molecular complexity index is 920. The number of benzene rings is 1. The fourth-order valence-electron chi connectivity index (χ4n) is 3.86. The number of anilines is 1. The standard InChI is InChI=1S/C20H25N5O/c1-14-10-20-22-17(11-19(21)25(20)23-14)15-7-5-9-24(12-15)13-16-6-3-4-8-18(16)26-2/h3-4,6,8,10-11,15H,5,7,9,12-13,21H2,1-2H3/t15-/m0/s1. The van der Waals surface area contributed by atoms with E-state index in [1.165, 1.54) is 5.56 Å². The summed E-state index contributed by atoms with van der Waals surface area (Å²) in [6, 6.07) is 12.2. The van der Waals surface area contributed by atoms with E-state index >= 15 is 0 Å². The van der Waals surface area contributed by atoms with Crippen LogP contribution >= 0.6 is 0 Å². The Hall–Kier alpha value is -2.60. The van der Waals surface area contributed by atoms with Crippen LogP contribution in [0.4, 0.5) is 5.82 Å². The molecule has 2 N–H and O–H groups in total. The number of hydrogen-bond donors (Lipinski definition) is 1. The third-order valence-electron chi connectivity index (χ3n) is 5.11. The predicted octanol–water partition coefficient (Wildman–Crippen LogP) is 3.01. The highest BCUT2D eigenvalue weighted by Gasteiger charge is 2.24. The minimum atomic E-state index is 0.390. The molecule has 6 nitrogen and oxygen atoms in total. The van der Waals surface area contributed by atoms with E-state index in [0.29, 0.717) is 11.7 Å². The molecule has 26 heavy (non-hydrogen) atoms. The summed E-state index contributed by atoms with van der Waals surface area (Å²) >= 11 is 0. The molecule has 4 rings (SSSR count). The van der Waals surface area contributed by atoms with Gasteiger partial charge >= 0.3 is 0 Å². The number of hydrogen-bond acceptors (Lipinski definition) is 5. The van der Waals surface area contributed by atoms with E-state index in [1.807, 2.05) is 31.2 Å². The predicted molar refractivity (Wildman–Crippen MR) is 102 cm³/mol. The van der Waals surface area contributed by atoms with E-state index in [2.05, 4.69) is 22.1 Å². The fourth-order valence-corrected chi connectivity index (χ4v) is 3.86. The molecule has 3 heterocycles. The average molecular weight is 351 g/mol. The second-order valence-electron chi connectivity index (χ2n) is 7.05. The molecule has 1 aliphatic rings. The van der Waals surface area contributed by atoms with Crippen LogP contribution in [0.25, 0.3) is 5.65 Å². The first-order valence-electron chi connectivity index (χ1n) is 9.11. The summed E-state index contributed by atoms with van der Waals surface area (Å²) in [5.41, 5.74) is 10.3. The van der Waals surface area contributed by atoms with Crippen molar-refractivity contribution in [1.82, 2.24) is 19.5 Å². The minimum absolute atomic E-state index is 0.390. The van der Waals surface area contributed by atoms with E-state index in [9.17, 15) is 0 Å². The first-order valence-corrected chi connectivity index (χ1v) is 9.11. The molecule has 0 spiro atoms. The number of methoxy groups -OCH3 is 1. The highest BCUT2D eigenvalue weighted by Crippen LogP contribution is 2.29. The number of para-hydroxylation sites is 1. The maximum atomic E-state index is 6.20. The monoisotopic (exact) mass is 351 g/mol. The number of aromatic nitrogens is 3. The summed E-state index contributed by atoms with van der Waals surface area (Å²) < 4.78 is 7.22. The molecule has 0 aliphatic carbocycles. The molecule has 1 aliphatic heterocycles. The van der Waals surface area contributed by atoms with Gasteiger partial charge in [0, 0.05) is 36.7 Å². The Kier molecular flexibility index (Phi) is 4.51. The summed E-state index contributed by atoms with van der Waals surface area (Å²) in [6.45, 7) is 4.93. The molecular formula is C20H25N5O. The van der Waals surface area contributed by atoms with Crippen LogP contribution in [0.15, 0.2) is 36.4 Å². The van der Waals surface area contributed by atoms with Crippen molar-refractivity contribution in [1.29, 1.82) is 0 Å². The maximum absolute atomic E-state index is 6.20. The normalized spacial score (nSPS) is 18.3. The summed E-state index contributed by atoms with van der Waals surface area (Å²) in [4.78, 5) is 7.31. The molecule has 0 amide bonds. The Labute approximate surface area is 153 Å². The topological polar surface area (TPSA) is 68.7 Å². The van der Waals surface area contributed by atoms with Crippen molar-refractivity contribution in [2.45, 2.75) is 32.2 Å². The van der Waals surface area contributed by atoms with Gasteiger partial charge < -0.3 is 10.5 Å². The molecule has 0 bridgehead atoms. The lowest BCUT2D eigenvalue weighted by Crippen LogP contribution is -2.34. The third kappa shape index (κ3) is 3.24. The number of ether oxygens (including phenoxy) is 1. The van der Waals surface area contributed by atoms with Crippen LogP contribution in [-0.2, 0) is 6.54 Å². The highest BCUT2D eigenvalue weighted by molar-refractivity contribution is 5.48. The van der Waals surface area contributed by atoms with Gasteiger partial charge in [0.05, 0.1) is 18.5 Å². The highest BCUT2D eigenvalue weighted by atomic mass is 16.5. The number of nitrogen functional groups attached to an aromatic ring is 1. The van der Waals surface area contributed by atoms with E-state index in [4.69, 9.17) is 15.5 Å². The van der Waals surface area contributed by atoms with Crippen LogP contribution < -0.4 is 10.5 Å². The molecule has 3 aromatic rings. The van der Waals surface area contributed by atoms with Gasteiger partial charge in [-0.25, -0.2) is 4.98 Å². The van der Waals surface area contributed by atoms with E-state index < -0.39 is 0 Å². The van der Waals surface area contributed by atoms with Crippen molar-refractivity contribution >= 4 is 11.5 Å². The second-order valence-corrected chi connectivity index (χ2v) is 7.05. The molecule has 0 unspecified atom stereocenters. The van der Waals surface area contributed by atoms with Gasteiger partial charge in [0.25, 0.3) is 0 Å². The van der Waals surface area contributed by atoms with Crippen LogP contribution in [0, 0.1) is 6.92 Å². The van der Waals surface area contributed by atoms with E-state index in [0.717, 1.165) is 55.3 Å². The Morgan fingerprint density at radius 2 is 2.12 bits per heavy atom. The summed E-state index contributed by atoms with van der Waals surface area (Å²) in [7, 11) is 1.73. The molecule has 1 saturated heterocycles. The molecule has 1 fully saturated rings. The number of aryl methyl sites for hydroxylation is 1. The first kappa shape index (κ1) is 16.8.